The summed E-state index contributed by atoms with van der Waals surface area (Å²) in [5, 5.41) is 10.2. The molecule has 0 atom stereocenters. The second kappa shape index (κ2) is 34.6. The SMILES string of the molecule is C.CCOc1ccc(-n2ccc3cc(NCc4ccc(CC)cc4)cnc32)cc1.CCOc1ccc(I)cc1.CCc1ccc(C=O)cc1.CCc1ccc(CNc2cnc3[nH]ccc3c2)cc1.Nc1cnc2[nH]ccc2c1.[B].[H-].[Na+]. The van der Waals surface area contributed by atoms with Gasteiger partial charge < -0.3 is 41.8 Å². The molecule has 80 heavy (non-hydrogen) atoms. The number of ether oxygens (including phenoxy) is 2. The number of rotatable bonds is 15. The van der Waals surface area contributed by atoms with E-state index in [9.17, 15) is 4.79 Å². The zero-order chi connectivity index (χ0) is 54.2. The monoisotopic (exact) mass is 1190 g/mol. The fourth-order valence-corrected chi connectivity index (χ4v) is 8.27. The fourth-order valence-electron chi connectivity index (χ4n) is 7.92. The number of nitrogen functional groups attached to an aromatic ring is 1. The summed E-state index contributed by atoms with van der Waals surface area (Å²) in [6.45, 7) is 13.4. The number of aryl methyl sites for hydroxylation is 3. The number of carbonyl (C=O) groups is 1. The zero-order valence-corrected chi connectivity index (χ0v) is 50.2. The molecule has 5 aromatic carbocycles. The summed E-state index contributed by atoms with van der Waals surface area (Å²) in [6, 6.07) is 53.4. The Hall–Kier alpha value is -7.37. The number of carbonyl (C=O) groups excluding carboxylic acids is 1. The standard InChI is InChI=1S/C24H25N3O.C16H17N3.C9H10O.C8H9IO.C7H7N3.CH4.B.Na.H/c1-3-18-5-7-19(8-6-18)16-25-21-15-20-13-14-27(24(20)26-17-21)22-9-11-23(12-10-22)28-4-2;1-2-12-3-5-13(6-4-12)10-18-15-9-14-7-8-17-16(14)19-11-15;1-2-8-3-5-9(7-10)6-4-8;1-2-10-8-5-3-7(9)4-6-8;8-6-3-5-1-2-9-7(5)10-4-6;;;;/h5-15,17,25H,3-4,16H2,1-2H3;3-9,11,18H,2,10H2,1H3,(H,17,19);3-7H,2H2,1H3;3-6H,2H2,1H3;1-4H,8H2,(H,9,10);1H4;;;/q;;;;;;;+1;-1. The molecule has 11 rings (SSSR count). The molecular weight excluding hydrogens is 1120 g/mol. The van der Waals surface area contributed by atoms with Crippen LogP contribution in [-0.4, -0.2) is 57.4 Å². The van der Waals surface area contributed by atoms with E-state index in [0.717, 1.165) is 112 Å². The average Bonchev–Trinajstić information content (AvgIpc) is 4.28. The van der Waals surface area contributed by atoms with E-state index in [-0.39, 0.29) is 46.8 Å². The Morgan fingerprint density at radius 1 is 0.562 bits per heavy atom. The predicted molar refractivity (Wildman–Crippen MR) is 340 cm³/mol. The third kappa shape index (κ3) is 20.1. The van der Waals surface area contributed by atoms with Gasteiger partial charge in [-0.05, 0) is 168 Å². The molecule has 407 valence electrons. The van der Waals surface area contributed by atoms with Crippen LogP contribution < -0.4 is 55.4 Å². The Labute approximate surface area is 511 Å². The summed E-state index contributed by atoms with van der Waals surface area (Å²) in [7, 11) is 0. The maximum Gasteiger partial charge on any atom is 1.00 e. The van der Waals surface area contributed by atoms with Gasteiger partial charge in [-0.1, -0.05) is 101 Å². The first-order valence-electron chi connectivity index (χ1n) is 26.0. The van der Waals surface area contributed by atoms with Crippen molar-refractivity contribution in [3.63, 3.8) is 0 Å². The van der Waals surface area contributed by atoms with Gasteiger partial charge in [-0.3, -0.25) is 4.79 Å². The molecule has 0 aliphatic heterocycles. The molecule has 3 radical (unpaired) electrons. The Morgan fingerprint density at radius 2 is 1.00 bits per heavy atom. The van der Waals surface area contributed by atoms with Gasteiger partial charge in [0.2, 0.25) is 0 Å². The van der Waals surface area contributed by atoms with Crippen LogP contribution in [0.15, 0.2) is 195 Å². The number of aromatic amines is 2. The van der Waals surface area contributed by atoms with Crippen LogP contribution in [-0.2, 0) is 32.4 Å². The van der Waals surface area contributed by atoms with Gasteiger partial charge in [0, 0.05) is 71.1 Å². The van der Waals surface area contributed by atoms with Gasteiger partial charge >= 0.3 is 29.6 Å². The number of nitrogens with one attached hydrogen (secondary N) is 4. The molecule has 0 saturated carbocycles. The minimum Gasteiger partial charge on any atom is -1.00 e. The van der Waals surface area contributed by atoms with E-state index >= 15 is 0 Å². The average molecular weight is 1190 g/mol. The quantitative estimate of drug-likeness (QED) is 0.0382. The predicted octanol–water partition coefficient (Wildman–Crippen LogP) is 12.6. The Bertz CT molecular complexity index is 3500. The van der Waals surface area contributed by atoms with E-state index < -0.39 is 0 Å². The molecule has 0 saturated heterocycles. The molecule has 0 spiro atoms. The van der Waals surface area contributed by atoms with Gasteiger partial charge in [-0.25, -0.2) is 15.0 Å². The van der Waals surface area contributed by atoms with Crippen LogP contribution in [0.5, 0.6) is 11.5 Å². The van der Waals surface area contributed by atoms with Crippen molar-refractivity contribution in [2.75, 3.05) is 29.6 Å². The number of hydrogen-bond donors (Lipinski definition) is 5. The summed E-state index contributed by atoms with van der Waals surface area (Å²) in [6.07, 6.45) is 15.2. The molecule has 6 N–H and O–H groups in total. The van der Waals surface area contributed by atoms with Gasteiger partial charge in [-0.2, -0.15) is 0 Å². The van der Waals surface area contributed by atoms with Gasteiger partial charge in [0.1, 0.15) is 34.7 Å². The van der Waals surface area contributed by atoms with Gasteiger partial charge in [0.05, 0.1) is 48.9 Å². The van der Waals surface area contributed by atoms with Crippen molar-refractivity contribution in [2.24, 2.45) is 0 Å². The number of fused-ring (bicyclic) bond motifs is 3. The Balaban J connectivity index is 0.000000282. The van der Waals surface area contributed by atoms with Crippen LogP contribution in [0.3, 0.4) is 0 Å². The van der Waals surface area contributed by atoms with Gasteiger partial charge in [0.25, 0.3) is 0 Å². The number of aldehydes is 1. The number of anilines is 3. The maximum atomic E-state index is 10.2. The number of hydrogen-bond acceptors (Lipinski definition) is 9. The molecule has 11 aromatic rings. The third-order valence-electron chi connectivity index (χ3n) is 12.3. The van der Waals surface area contributed by atoms with Crippen molar-refractivity contribution >= 4 is 87.5 Å². The molecule has 0 unspecified atom stereocenters. The van der Waals surface area contributed by atoms with Crippen molar-refractivity contribution in [1.29, 1.82) is 0 Å². The number of pyridine rings is 3. The van der Waals surface area contributed by atoms with Gasteiger partial charge in [-0.15, -0.1) is 0 Å². The summed E-state index contributed by atoms with van der Waals surface area (Å²) in [5.41, 5.74) is 19.4. The van der Waals surface area contributed by atoms with Gasteiger partial charge in [0.15, 0.2) is 0 Å². The summed E-state index contributed by atoms with van der Waals surface area (Å²) in [5.74, 6) is 1.83. The van der Waals surface area contributed by atoms with Crippen LogP contribution in [0.2, 0.25) is 0 Å². The van der Waals surface area contributed by atoms with Crippen LogP contribution in [0.25, 0.3) is 38.8 Å². The number of nitrogens with zero attached hydrogens (tertiary/aromatic N) is 4. The molecule has 0 fully saturated rings. The van der Waals surface area contributed by atoms with E-state index in [1.54, 1.807) is 6.20 Å². The fraction of sp³-hybridized carbons (Fsp3) is 0.200. The number of H-pyrrole nitrogens is 2. The molecular formula is C65H73BIN9NaO3. The van der Waals surface area contributed by atoms with Crippen molar-refractivity contribution in [2.45, 2.75) is 74.4 Å². The smallest absolute Gasteiger partial charge is 1.00 e. The van der Waals surface area contributed by atoms with E-state index in [4.69, 9.17) is 15.2 Å². The number of aromatic nitrogens is 6. The first-order chi connectivity index (χ1) is 37.7. The zero-order valence-electron chi connectivity index (χ0n) is 47.0. The minimum atomic E-state index is 0. The summed E-state index contributed by atoms with van der Waals surface area (Å²) < 4.78 is 14.1. The molecule has 0 bridgehead atoms. The second-order valence-corrected chi connectivity index (χ2v) is 19.0. The first-order valence-corrected chi connectivity index (χ1v) is 27.1. The molecule has 6 heterocycles. The van der Waals surface area contributed by atoms with E-state index in [1.165, 1.54) is 31.4 Å². The number of halogens is 1. The van der Waals surface area contributed by atoms with Crippen LogP contribution >= 0.6 is 22.6 Å². The van der Waals surface area contributed by atoms with Crippen LogP contribution in [0.1, 0.15) is 81.6 Å². The molecule has 12 nitrogen and oxygen atoms in total. The largest absolute Gasteiger partial charge is 1.00 e. The van der Waals surface area contributed by atoms with Crippen molar-refractivity contribution in [3.8, 4) is 17.2 Å². The molecule has 0 aliphatic carbocycles. The maximum absolute atomic E-state index is 10.2. The van der Waals surface area contributed by atoms with Crippen molar-refractivity contribution < 1.29 is 45.3 Å². The summed E-state index contributed by atoms with van der Waals surface area (Å²) in [4.78, 5) is 29.4. The number of nitrogens with two attached hydrogens (primary N) is 1. The second-order valence-electron chi connectivity index (χ2n) is 17.7. The first kappa shape index (κ1) is 65.2. The Morgan fingerprint density at radius 3 is 1.49 bits per heavy atom. The molecule has 15 heteroatoms. The third-order valence-corrected chi connectivity index (χ3v) is 13.0. The minimum absolute atomic E-state index is 0. The van der Waals surface area contributed by atoms with E-state index in [2.05, 4.69) is 169 Å². The molecule has 6 aromatic heterocycles. The molecule has 0 aliphatic rings. The van der Waals surface area contributed by atoms with Crippen molar-refractivity contribution in [1.82, 2.24) is 29.5 Å². The number of benzene rings is 5. The normalized spacial score (nSPS) is 10.0. The van der Waals surface area contributed by atoms with Crippen LogP contribution in [0.4, 0.5) is 17.1 Å². The van der Waals surface area contributed by atoms with Crippen molar-refractivity contribution in [3.05, 3.63) is 232 Å². The van der Waals surface area contributed by atoms with Crippen LogP contribution in [0, 0.1) is 3.57 Å². The van der Waals surface area contributed by atoms with E-state index in [1.807, 2.05) is 117 Å². The topological polar surface area (TPSA) is 161 Å². The molecule has 0 amide bonds. The summed E-state index contributed by atoms with van der Waals surface area (Å²) >= 11 is 2.27. The van der Waals surface area contributed by atoms with E-state index in [0.29, 0.717) is 12.3 Å². The Kier molecular flexibility index (Phi) is 28.2.